The van der Waals surface area contributed by atoms with E-state index in [-0.39, 0.29) is 6.03 Å². The van der Waals surface area contributed by atoms with Gasteiger partial charge in [0.1, 0.15) is 5.75 Å². The molecular weight excluding hydrogens is 264 g/mol. The molecule has 2 rings (SSSR count). The molecule has 110 valence electrons. The molecule has 2 amide bonds. The van der Waals surface area contributed by atoms with Gasteiger partial charge in [0.15, 0.2) is 0 Å². The van der Waals surface area contributed by atoms with Crippen LogP contribution in [0.4, 0.5) is 16.2 Å². The third kappa shape index (κ3) is 4.24. The lowest BCUT2D eigenvalue weighted by Gasteiger charge is -2.10. The van der Waals surface area contributed by atoms with Crippen LogP contribution in [0.25, 0.3) is 0 Å². The lowest BCUT2D eigenvalue weighted by molar-refractivity contribution is 0.262. The summed E-state index contributed by atoms with van der Waals surface area (Å²) in [4.78, 5) is 11.9. The van der Waals surface area contributed by atoms with Crippen molar-refractivity contribution in [3.05, 3.63) is 54.1 Å². The Kier molecular flexibility index (Phi) is 4.82. The molecule has 0 spiro atoms. The van der Waals surface area contributed by atoms with E-state index in [0.717, 1.165) is 5.69 Å². The minimum atomic E-state index is -0.277. The monoisotopic (exact) mass is 284 g/mol. The molecule has 2 N–H and O–H groups in total. The molecule has 0 atom stereocenters. The summed E-state index contributed by atoms with van der Waals surface area (Å²) in [6, 6.07) is 14.8. The first-order valence-corrected chi connectivity index (χ1v) is 6.90. The fourth-order valence-electron chi connectivity index (χ4n) is 1.95. The van der Waals surface area contributed by atoms with Gasteiger partial charge >= 0.3 is 6.03 Å². The first-order valence-electron chi connectivity index (χ1n) is 6.90. The molecule has 2 aromatic rings. The first-order chi connectivity index (χ1) is 10.1. The summed E-state index contributed by atoms with van der Waals surface area (Å²) in [5.74, 6) is 1.18. The SMILES string of the molecule is COc1cccc(NC(=O)Nc2ccc(C(C)C)cc2)c1. The van der Waals surface area contributed by atoms with Gasteiger partial charge in [-0.1, -0.05) is 32.0 Å². The standard InChI is InChI=1S/C17H20N2O2/c1-12(2)13-7-9-14(10-8-13)18-17(20)19-15-5-4-6-16(11-15)21-3/h4-12H,1-3H3,(H2,18,19,20). The summed E-state index contributed by atoms with van der Waals surface area (Å²) >= 11 is 0. The molecule has 2 aromatic carbocycles. The molecule has 21 heavy (non-hydrogen) atoms. The number of anilines is 2. The number of hydrogen-bond acceptors (Lipinski definition) is 2. The number of methoxy groups -OCH3 is 1. The Bertz CT molecular complexity index is 606. The van der Waals surface area contributed by atoms with E-state index in [1.807, 2.05) is 42.5 Å². The van der Waals surface area contributed by atoms with Crippen molar-refractivity contribution in [2.45, 2.75) is 19.8 Å². The van der Waals surface area contributed by atoms with Crippen LogP contribution in [-0.4, -0.2) is 13.1 Å². The fourth-order valence-corrected chi connectivity index (χ4v) is 1.95. The summed E-state index contributed by atoms with van der Waals surface area (Å²) in [7, 11) is 1.59. The van der Waals surface area contributed by atoms with Crippen LogP contribution in [0, 0.1) is 0 Å². The Morgan fingerprint density at radius 1 is 1.00 bits per heavy atom. The highest BCUT2D eigenvalue weighted by Gasteiger charge is 2.04. The van der Waals surface area contributed by atoms with Crippen LogP contribution in [0.1, 0.15) is 25.3 Å². The highest BCUT2D eigenvalue weighted by molar-refractivity contribution is 5.99. The van der Waals surface area contributed by atoms with Crippen molar-refractivity contribution >= 4 is 17.4 Å². The molecule has 0 aromatic heterocycles. The normalized spacial score (nSPS) is 10.3. The third-order valence-electron chi connectivity index (χ3n) is 3.16. The topological polar surface area (TPSA) is 50.4 Å². The molecule has 0 bridgehead atoms. The van der Waals surface area contributed by atoms with Crippen molar-refractivity contribution in [3.8, 4) is 5.75 Å². The maximum atomic E-state index is 11.9. The summed E-state index contributed by atoms with van der Waals surface area (Å²) in [6.45, 7) is 4.27. The number of ether oxygens (including phenoxy) is 1. The van der Waals surface area contributed by atoms with Crippen LogP contribution < -0.4 is 15.4 Å². The number of nitrogens with one attached hydrogen (secondary N) is 2. The van der Waals surface area contributed by atoms with E-state index in [9.17, 15) is 4.79 Å². The van der Waals surface area contributed by atoms with Gasteiger partial charge in [0, 0.05) is 17.4 Å². The highest BCUT2D eigenvalue weighted by atomic mass is 16.5. The second-order valence-corrected chi connectivity index (χ2v) is 5.09. The van der Waals surface area contributed by atoms with Gasteiger partial charge in [-0.05, 0) is 35.7 Å². The van der Waals surface area contributed by atoms with Gasteiger partial charge in [-0.2, -0.15) is 0 Å². The minimum absolute atomic E-state index is 0.277. The smallest absolute Gasteiger partial charge is 0.323 e. The molecule has 0 fully saturated rings. The van der Waals surface area contributed by atoms with E-state index in [4.69, 9.17) is 4.74 Å². The minimum Gasteiger partial charge on any atom is -0.497 e. The number of urea groups is 1. The Morgan fingerprint density at radius 3 is 2.29 bits per heavy atom. The molecule has 4 heteroatoms. The Labute approximate surface area is 125 Å². The Hall–Kier alpha value is -2.49. The average Bonchev–Trinajstić information content (AvgIpc) is 2.47. The van der Waals surface area contributed by atoms with Crippen LogP contribution in [0.5, 0.6) is 5.75 Å². The summed E-state index contributed by atoms with van der Waals surface area (Å²) in [5.41, 5.74) is 2.69. The zero-order chi connectivity index (χ0) is 15.2. The predicted octanol–water partition coefficient (Wildman–Crippen LogP) is 4.46. The second-order valence-electron chi connectivity index (χ2n) is 5.09. The van der Waals surface area contributed by atoms with Crippen molar-refractivity contribution in [2.24, 2.45) is 0 Å². The maximum Gasteiger partial charge on any atom is 0.323 e. The summed E-state index contributed by atoms with van der Waals surface area (Å²) < 4.78 is 5.12. The van der Waals surface area contributed by atoms with E-state index in [1.54, 1.807) is 13.2 Å². The lowest BCUT2D eigenvalue weighted by Crippen LogP contribution is -2.19. The molecule has 0 radical (unpaired) electrons. The number of benzene rings is 2. The molecule has 4 nitrogen and oxygen atoms in total. The van der Waals surface area contributed by atoms with Crippen molar-refractivity contribution in [2.75, 3.05) is 17.7 Å². The quantitative estimate of drug-likeness (QED) is 0.870. The number of hydrogen-bond donors (Lipinski definition) is 2. The van der Waals surface area contributed by atoms with Gasteiger partial charge in [-0.15, -0.1) is 0 Å². The zero-order valence-corrected chi connectivity index (χ0v) is 12.5. The van der Waals surface area contributed by atoms with Gasteiger partial charge in [-0.25, -0.2) is 4.79 Å². The van der Waals surface area contributed by atoms with Crippen LogP contribution in [0.2, 0.25) is 0 Å². The lowest BCUT2D eigenvalue weighted by atomic mass is 10.0. The zero-order valence-electron chi connectivity index (χ0n) is 12.5. The number of carbonyl (C=O) groups excluding carboxylic acids is 1. The Morgan fingerprint density at radius 2 is 1.67 bits per heavy atom. The number of amides is 2. The average molecular weight is 284 g/mol. The summed E-state index contributed by atoms with van der Waals surface area (Å²) in [6.07, 6.45) is 0. The van der Waals surface area contributed by atoms with Crippen LogP contribution >= 0.6 is 0 Å². The van der Waals surface area contributed by atoms with Crippen LogP contribution in [-0.2, 0) is 0 Å². The largest absolute Gasteiger partial charge is 0.497 e. The summed E-state index contributed by atoms with van der Waals surface area (Å²) in [5, 5.41) is 5.58. The fraction of sp³-hybridized carbons (Fsp3) is 0.235. The number of carbonyl (C=O) groups is 1. The van der Waals surface area contributed by atoms with Crippen molar-refractivity contribution in [1.29, 1.82) is 0 Å². The second kappa shape index (κ2) is 6.79. The van der Waals surface area contributed by atoms with Gasteiger partial charge in [0.2, 0.25) is 0 Å². The van der Waals surface area contributed by atoms with Gasteiger partial charge in [0.25, 0.3) is 0 Å². The van der Waals surface area contributed by atoms with E-state index < -0.39 is 0 Å². The molecule has 0 saturated carbocycles. The first kappa shape index (κ1) is 14.9. The molecule has 0 unspecified atom stereocenters. The third-order valence-corrected chi connectivity index (χ3v) is 3.16. The van der Waals surface area contributed by atoms with Crippen LogP contribution in [0.15, 0.2) is 48.5 Å². The molecule has 0 aliphatic carbocycles. The van der Waals surface area contributed by atoms with E-state index >= 15 is 0 Å². The molecule has 0 aliphatic heterocycles. The number of rotatable bonds is 4. The molecule has 0 saturated heterocycles. The molecule has 0 heterocycles. The predicted molar refractivity (Wildman–Crippen MR) is 86.2 cm³/mol. The van der Waals surface area contributed by atoms with E-state index in [2.05, 4.69) is 24.5 Å². The van der Waals surface area contributed by atoms with Crippen molar-refractivity contribution in [1.82, 2.24) is 0 Å². The van der Waals surface area contributed by atoms with E-state index in [0.29, 0.717) is 17.4 Å². The van der Waals surface area contributed by atoms with Crippen molar-refractivity contribution in [3.63, 3.8) is 0 Å². The Balaban J connectivity index is 1.97. The molecular formula is C17H20N2O2. The highest BCUT2D eigenvalue weighted by Crippen LogP contribution is 2.19. The van der Waals surface area contributed by atoms with Gasteiger partial charge in [-0.3, -0.25) is 0 Å². The van der Waals surface area contributed by atoms with Crippen molar-refractivity contribution < 1.29 is 9.53 Å². The van der Waals surface area contributed by atoms with Gasteiger partial charge < -0.3 is 15.4 Å². The molecule has 0 aliphatic rings. The van der Waals surface area contributed by atoms with Gasteiger partial charge in [0.05, 0.1) is 7.11 Å². The van der Waals surface area contributed by atoms with Crippen LogP contribution in [0.3, 0.4) is 0 Å². The maximum absolute atomic E-state index is 11.9. The van der Waals surface area contributed by atoms with E-state index in [1.165, 1.54) is 5.56 Å².